The molecule has 100 valence electrons. The summed E-state index contributed by atoms with van der Waals surface area (Å²) in [5.41, 5.74) is 3.81. The predicted octanol–water partition coefficient (Wildman–Crippen LogP) is 3.11. The maximum atomic E-state index is 12.7. The van der Waals surface area contributed by atoms with Crippen molar-refractivity contribution in [3.05, 3.63) is 53.1 Å². The molecule has 0 amide bonds. The highest BCUT2D eigenvalue weighted by atomic mass is 16.5. The van der Waals surface area contributed by atoms with E-state index in [1.54, 1.807) is 13.2 Å². The summed E-state index contributed by atoms with van der Waals surface area (Å²) in [6.07, 6.45) is 5.22. The fraction of sp³-hybridized carbons (Fsp3) is 0.235. The molecule has 20 heavy (non-hydrogen) atoms. The van der Waals surface area contributed by atoms with Gasteiger partial charge in [-0.05, 0) is 29.2 Å². The van der Waals surface area contributed by atoms with Gasteiger partial charge in [-0.1, -0.05) is 18.7 Å². The minimum Gasteiger partial charge on any atom is -0.507 e. The molecule has 1 aromatic carbocycles. The summed E-state index contributed by atoms with van der Waals surface area (Å²) < 4.78 is 5.18. The Balaban J connectivity index is 1.97. The van der Waals surface area contributed by atoms with Crippen LogP contribution in [0, 0.1) is 11.8 Å². The number of benzene rings is 1. The Morgan fingerprint density at radius 3 is 2.65 bits per heavy atom. The smallest absolute Gasteiger partial charge is 0.194 e. The Kier molecular flexibility index (Phi) is 2.09. The number of rotatable bonds is 1. The Morgan fingerprint density at radius 1 is 1.25 bits per heavy atom. The number of carbonyl (C=O) groups is 1. The van der Waals surface area contributed by atoms with E-state index in [1.165, 1.54) is 6.07 Å². The first kappa shape index (κ1) is 11.5. The first-order valence-electron chi connectivity index (χ1n) is 6.69. The molecule has 1 aromatic rings. The fourth-order valence-corrected chi connectivity index (χ4v) is 3.68. The first-order valence-corrected chi connectivity index (χ1v) is 6.69. The number of phenolic OH excluding ortho intramolecular Hbond substituents is 1. The molecule has 0 saturated carbocycles. The molecule has 2 atom stereocenters. The van der Waals surface area contributed by atoms with Crippen LogP contribution in [0.3, 0.4) is 0 Å². The van der Waals surface area contributed by atoms with E-state index in [2.05, 4.69) is 18.7 Å². The SMILES string of the molecule is C=C1C2=C(C(=O)c3c(O)cc(OC)cc31)C1C=CC2C1. The molecule has 0 fully saturated rings. The van der Waals surface area contributed by atoms with Gasteiger partial charge in [-0.25, -0.2) is 0 Å². The average Bonchev–Trinajstić information content (AvgIpc) is 3.04. The van der Waals surface area contributed by atoms with E-state index in [4.69, 9.17) is 4.74 Å². The van der Waals surface area contributed by atoms with Gasteiger partial charge in [-0.2, -0.15) is 0 Å². The van der Waals surface area contributed by atoms with Crippen LogP contribution >= 0.6 is 0 Å². The highest BCUT2D eigenvalue weighted by molar-refractivity contribution is 6.20. The van der Waals surface area contributed by atoms with E-state index in [0.717, 1.165) is 23.1 Å². The van der Waals surface area contributed by atoms with Crippen molar-refractivity contribution in [3.63, 3.8) is 0 Å². The molecular formula is C17H14O3. The highest BCUT2D eigenvalue weighted by Gasteiger charge is 2.44. The molecule has 3 nitrogen and oxygen atoms in total. The lowest BCUT2D eigenvalue weighted by Crippen LogP contribution is -2.18. The first-order chi connectivity index (χ1) is 9.61. The number of fused-ring (bicyclic) bond motifs is 5. The number of hydrogen-bond acceptors (Lipinski definition) is 3. The van der Waals surface area contributed by atoms with Crippen molar-refractivity contribution in [1.82, 2.24) is 0 Å². The van der Waals surface area contributed by atoms with Gasteiger partial charge in [0.05, 0.1) is 12.7 Å². The van der Waals surface area contributed by atoms with Crippen molar-refractivity contribution in [2.24, 2.45) is 11.8 Å². The van der Waals surface area contributed by atoms with Crippen molar-refractivity contribution in [2.75, 3.05) is 7.11 Å². The van der Waals surface area contributed by atoms with E-state index < -0.39 is 0 Å². The fourth-order valence-electron chi connectivity index (χ4n) is 3.68. The molecule has 2 unspecified atom stereocenters. The number of carbonyl (C=O) groups excluding carboxylic acids is 1. The minimum atomic E-state index is -0.0561. The van der Waals surface area contributed by atoms with Crippen molar-refractivity contribution in [1.29, 1.82) is 0 Å². The molecular weight excluding hydrogens is 252 g/mol. The molecule has 0 saturated heterocycles. The lowest BCUT2D eigenvalue weighted by molar-refractivity contribution is 0.102. The van der Waals surface area contributed by atoms with Gasteiger partial charge >= 0.3 is 0 Å². The summed E-state index contributed by atoms with van der Waals surface area (Å²) in [6, 6.07) is 3.27. The number of phenols is 1. The van der Waals surface area contributed by atoms with E-state index in [-0.39, 0.29) is 17.5 Å². The lowest BCUT2D eigenvalue weighted by atomic mass is 9.77. The number of ketones is 1. The number of methoxy groups -OCH3 is 1. The van der Waals surface area contributed by atoms with Crippen LogP contribution in [0.4, 0.5) is 0 Å². The number of aromatic hydroxyl groups is 1. The minimum absolute atomic E-state index is 0.0243. The summed E-state index contributed by atoms with van der Waals surface area (Å²) in [6.45, 7) is 4.16. The van der Waals surface area contributed by atoms with Gasteiger partial charge in [0.2, 0.25) is 0 Å². The van der Waals surface area contributed by atoms with Gasteiger partial charge in [0.25, 0.3) is 0 Å². The van der Waals surface area contributed by atoms with Crippen molar-refractivity contribution in [2.45, 2.75) is 6.42 Å². The second kappa shape index (κ2) is 3.63. The van der Waals surface area contributed by atoms with Crippen LogP contribution in [0.15, 0.2) is 42.0 Å². The average molecular weight is 266 g/mol. The van der Waals surface area contributed by atoms with E-state index in [1.807, 2.05) is 0 Å². The maximum Gasteiger partial charge on any atom is 0.194 e. The Morgan fingerprint density at radius 2 is 1.95 bits per heavy atom. The van der Waals surface area contributed by atoms with E-state index in [0.29, 0.717) is 22.8 Å². The maximum absolute atomic E-state index is 12.7. The quantitative estimate of drug-likeness (QED) is 0.794. The number of ether oxygens (including phenoxy) is 1. The third-order valence-electron chi connectivity index (χ3n) is 4.56. The number of allylic oxidation sites excluding steroid dienone is 5. The van der Waals surface area contributed by atoms with Crippen LogP contribution < -0.4 is 4.74 Å². The number of hydrogen-bond donors (Lipinski definition) is 1. The van der Waals surface area contributed by atoms with Gasteiger partial charge in [0, 0.05) is 23.5 Å². The van der Waals surface area contributed by atoms with Gasteiger partial charge in [-0.15, -0.1) is 0 Å². The van der Waals surface area contributed by atoms with Crippen molar-refractivity contribution in [3.8, 4) is 11.5 Å². The van der Waals surface area contributed by atoms with Crippen molar-refractivity contribution < 1.29 is 14.6 Å². The van der Waals surface area contributed by atoms with Crippen molar-refractivity contribution >= 4 is 11.4 Å². The van der Waals surface area contributed by atoms with Gasteiger partial charge in [0.1, 0.15) is 11.5 Å². The molecule has 3 heteroatoms. The molecule has 3 aliphatic carbocycles. The zero-order valence-electron chi connectivity index (χ0n) is 11.1. The molecule has 0 heterocycles. The van der Waals surface area contributed by atoms with Gasteiger partial charge < -0.3 is 9.84 Å². The van der Waals surface area contributed by atoms with Crippen LogP contribution in [0.2, 0.25) is 0 Å². The summed E-state index contributed by atoms with van der Waals surface area (Å²) in [4.78, 5) is 12.7. The summed E-state index contributed by atoms with van der Waals surface area (Å²) >= 11 is 0. The van der Waals surface area contributed by atoms with Crippen LogP contribution in [0.25, 0.3) is 5.57 Å². The molecule has 0 radical (unpaired) electrons. The Bertz CT molecular complexity index is 737. The van der Waals surface area contributed by atoms with Gasteiger partial charge in [-0.3, -0.25) is 4.79 Å². The zero-order valence-corrected chi connectivity index (χ0v) is 11.1. The van der Waals surface area contributed by atoms with Crippen LogP contribution in [0.1, 0.15) is 22.3 Å². The van der Waals surface area contributed by atoms with Crippen LogP contribution in [0.5, 0.6) is 11.5 Å². The molecule has 3 aliphatic rings. The summed E-state index contributed by atoms with van der Waals surface area (Å²) in [7, 11) is 1.54. The zero-order chi connectivity index (χ0) is 14.0. The third-order valence-corrected chi connectivity index (χ3v) is 4.56. The lowest BCUT2D eigenvalue weighted by Gasteiger charge is -2.26. The second-order valence-electron chi connectivity index (χ2n) is 5.54. The largest absolute Gasteiger partial charge is 0.507 e. The molecule has 1 N–H and O–H groups in total. The normalized spacial score (nSPS) is 26.1. The Hall–Kier alpha value is -2.29. The summed E-state index contributed by atoms with van der Waals surface area (Å²) in [5, 5.41) is 10.2. The van der Waals surface area contributed by atoms with E-state index >= 15 is 0 Å². The number of Topliss-reactive ketones (excluding diaryl/α,β-unsaturated/α-hetero) is 1. The Labute approximate surface area is 116 Å². The predicted molar refractivity (Wildman–Crippen MR) is 75.8 cm³/mol. The molecule has 0 aromatic heterocycles. The highest BCUT2D eigenvalue weighted by Crippen LogP contribution is 2.54. The van der Waals surface area contributed by atoms with Crippen LogP contribution in [-0.4, -0.2) is 18.0 Å². The topological polar surface area (TPSA) is 46.5 Å². The van der Waals surface area contributed by atoms with E-state index in [9.17, 15) is 9.90 Å². The molecule has 0 aliphatic heterocycles. The van der Waals surface area contributed by atoms with Crippen LogP contribution in [-0.2, 0) is 0 Å². The molecule has 0 spiro atoms. The molecule has 2 bridgehead atoms. The second-order valence-corrected chi connectivity index (χ2v) is 5.54. The molecule has 4 rings (SSSR count). The summed E-state index contributed by atoms with van der Waals surface area (Å²) in [5.74, 6) is 0.947. The monoisotopic (exact) mass is 266 g/mol. The standard InChI is InChI=1S/C17H14O3/c1-8-12-6-11(20-2)7-13(18)16(12)17(19)15-10-4-3-9(5-10)14(8)15/h3-4,6-7,9-10,18H,1,5H2,2H3. The third kappa shape index (κ3) is 1.22. The van der Waals surface area contributed by atoms with Gasteiger partial charge in [0.15, 0.2) is 5.78 Å².